The third kappa shape index (κ3) is 5.86. The second-order valence-corrected chi connectivity index (χ2v) is 6.63. The van der Waals surface area contributed by atoms with Crippen LogP contribution >= 0.6 is 0 Å². The van der Waals surface area contributed by atoms with E-state index in [0.717, 1.165) is 39.6 Å². The molecular formula is C22H21N3O5. The largest absolute Gasteiger partial charge is 0.372 e. The fourth-order valence-corrected chi connectivity index (χ4v) is 2.88. The molecule has 30 heavy (non-hydrogen) atoms. The van der Waals surface area contributed by atoms with Gasteiger partial charge in [0.05, 0.1) is 24.3 Å². The van der Waals surface area contributed by atoms with Gasteiger partial charge in [-0.3, -0.25) is 24.3 Å². The van der Waals surface area contributed by atoms with E-state index in [1.165, 1.54) is 0 Å². The number of nitrogens with one attached hydrogen (secondary N) is 1. The standard InChI is InChI=1S/C22H21N3O5/c26-21(14-24-13-20(25(28)29)10-11-22(24)27)23-12-18-8-4-5-9-19(18)16-30-15-17-6-2-1-3-7-17/h1-11,13H,12,14-16H2,(H,23,26). The van der Waals surface area contributed by atoms with Crippen molar-refractivity contribution < 1.29 is 14.5 Å². The molecule has 8 heteroatoms. The molecule has 3 rings (SSSR count). The third-order valence-corrected chi connectivity index (χ3v) is 4.46. The average molecular weight is 407 g/mol. The molecule has 0 radical (unpaired) electrons. The van der Waals surface area contributed by atoms with Crippen molar-refractivity contribution in [2.24, 2.45) is 0 Å². The third-order valence-electron chi connectivity index (χ3n) is 4.46. The Hall–Kier alpha value is -3.78. The van der Waals surface area contributed by atoms with E-state index in [2.05, 4.69) is 5.32 Å². The lowest BCUT2D eigenvalue weighted by atomic mass is 10.1. The molecular weight excluding hydrogens is 386 g/mol. The van der Waals surface area contributed by atoms with Crippen LogP contribution in [-0.2, 0) is 35.8 Å². The van der Waals surface area contributed by atoms with E-state index in [1.807, 2.05) is 54.6 Å². The fourth-order valence-electron chi connectivity index (χ4n) is 2.88. The van der Waals surface area contributed by atoms with Gasteiger partial charge < -0.3 is 10.1 Å². The van der Waals surface area contributed by atoms with Crippen molar-refractivity contribution in [3.05, 3.63) is 110 Å². The molecule has 0 aliphatic carbocycles. The van der Waals surface area contributed by atoms with Crippen molar-refractivity contribution in [3.63, 3.8) is 0 Å². The Kier molecular flexibility index (Phi) is 7.07. The normalized spacial score (nSPS) is 10.5. The van der Waals surface area contributed by atoms with E-state index in [4.69, 9.17) is 4.74 Å². The lowest BCUT2D eigenvalue weighted by molar-refractivity contribution is -0.385. The van der Waals surface area contributed by atoms with E-state index in [9.17, 15) is 19.7 Å². The second-order valence-electron chi connectivity index (χ2n) is 6.63. The van der Waals surface area contributed by atoms with Gasteiger partial charge in [0.2, 0.25) is 5.91 Å². The van der Waals surface area contributed by atoms with Gasteiger partial charge in [0.15, 0.2) is 0 Å². The molecule has 0 aliphatic heterocycles. The van der Waals surface area contributed by atoms with E-state index in [0.29, 0.717) is 13.2 Å². The van der Waals surface area contributed by atoms with Crippen molar-refractivity contribution in [3.8, 4) is 0 Å². The van der Waals surface area contributed by atoms with Crippen LogP contribution in [0.15, 0.2) is 77.7 Å². The molecule has 8 nitrogen and oxygen atoms in total. The highest BCUT2D eigenvalue weighted by atomic mass is 16.6. The monoisotopic (exact) mass is 407 g/mol. The number of carbonyl (C=O) groups excluding carboxylic acids is 1. The first kappa shape index (κ1) is 20.9. The molecule has 0 bridgehead atoms. The maximum atomic E-state index is 12.3. The predicted octanol–water partition coefficient (Wildman–Crippen LogP) is 2.79. The molecule has 0 atom stereocenters. The van der Waals surface area contributed by atoms with Crippen LogP contribution in [0.25, 0.3) is 0 Å². The summed E-state index contributed by atoms with van der Waals surface area (Å²) in [5.74, 6) is -0.419. The zero-order valence-electron chi connectivity index (χ0n) is 16.2. The van der Waals surface area contributed by atoms with E-state index < -0.39 is 16.4 Å². The van der Waals surface area contributed by atoms with Crippen LogP contribution in [0.1, 0.15) is 16.7 Å². The van der Waals surface area contributed by atoms with Crippen molar-refractivity contribution >= 4 is 11.6 Å². The Morgan fingerprint density at radius 1 is 0.967 bits per heavy atom. The number of benzene rings is 2. The first-order valence-electron chi connectivity index (χ1n) is 9.33. The molecule has 154 valence electrons. The summed E-state index contributed by atoms with van der Waals surface area (Å²) in [5.41, 5.74) is 2.19. The fraction of sp³-hybridized carbons (Fsp3) is 0.182. The molecule has 1 aromatic heterocycles. The lowest BCUT2D eigenvalue weighted by Gasteiger charge is -2.12. The Labute approximate surface area is 172 Å². The minimum atomic E-state index is -0.612. The second kappa shape index (κ2) is 10.1. The van der Waals surface area contributed by atoms with Gasteiger partial charge in [-0.05, 0) is 16.7 Å². The summed E-state index contributed by atoms with van der Waals surface area (Å²) in [6.45, 7) is 0.836. The Morgan fingerprint density at radius 3 is 2.40 bits per heavy atom. The van der Waals surface area contributed by atoms with Gasteiger partial charge in [-0.25, -0.2) is 0 Å². The molecule has 1 heterocycles. The van der Waals surface area contributed by atoms with Crippen molar-refractivity contribution in [2.75, 3.05) is 0 Å². The minimum Gasteiger partial charge on any atom is -0.372 e. The Balaban J connectivity index is 1.57. The summed E-state index contributed by atoms with van der Waals surface area (Å²) in [5, 5.41) is 13.6. The molecule has 3 aromatic rings. The summed E-state index contributed by atoms with van der Waals surface area (Å²) < 4.78 is 6.79. The predicted molar refractivity (Wildman–Crippen MR) is 111 cm³/mol. The van der Waals surface area contributed by atoms with Gasteiger partial charge in [-0.15, -0.1) is 0 Å². The number of amides is 1. The van der Waals surface area contributed by atoms with Crippen molar-refractivity contribution in [1.82, 2.24) is 9.88 Å². The van der Waals surface area contributed by atoms with Gasteiger partial charge in [0.1, 0.15) is 6.54 Å². The molecule has 1 N–H and O–H groups in total. The number of rotatable bonds is 9. The first-order chi connectivity index (χ1) is 14.5. The van der Waals surface area contributed by atoms with Crippen LogP contribution in [0, 0.1) is 10.1 Å². The van der Waals surface area contributed by atoms with Gasteiger partial charge in [-0.2, -0.15) is 0 Å². The Morgan fingerprint density at radius 2 is 1.67 bits per heavy atom. The van der Waals surface area contributed by atoms with Crippen molar-refractivity contribution in [1.29, 1.82) is 0 Å². The molecule has 0 fully saturated rings. The number of aromatic nitrogens is 1. The zero-order valence-corrected chi connectivity index (χ0v) is 16.2. The number of hydrogen-bond acceptors (Lipinski definition) is 5. The highest BCUT2D eigenvalue weighted by molar-refractivity contribution is 5.75. The van der Waals surface area contributed by atoms with Crippen LogP contribution in [0.3, 0.4) is 0 Å². The number of hydrogen-bond donors (Lipinski definition) is 1. The lowest BCUT2D eigenvalue weighted by Crippen LogP contribution is -2.31. The molecule has 0 spiro atoms. The van der Waals surface area contributed by atoms with Crippen LogP contribution in [-0.4, -0.2) is 15.4 Å². The Bertz CT molecular complexity index is 1080. The maximum absolute atomic E-state index is 12.3. The summed E-state index contributed by atoms with van der Waals surface area (Å²) in [6.07, 6.45) is 1.06. The first-order valence-corrected chi connectivity index (χ1v) is 9.33. The summed E-state index contributed by atoms with van der Waals surface area (Å²) in [6, 6.07) is 19.6. The summed E-state index contributed by atoms with van der Waals surface area (Å²) in [4.78, 5) is 34.3. The van der Waals surface area contributed by atoms with E-state index in [-0.39, 0.29) is 18.8 Å². The summed E-state index contributed by atoms with van der Waals surface area (Å²) >= 11 is 0. The van der Waals surface area contributed by atoms with E-state index >= 15 is 0 Å². The van der Waals surface area contributed by atoms with E-state index in [1.54, 1.807) is 0 Å². The minimum absolute atomic E-state index is 0.247. The van der Waals surface area contributed by atoms with Crippen LogP contribution in [0.4, 0.5) is 5.69 Å². The molecule has 1 amide bonds. The van der Waals surface area contributed by atoms with Gasteiger partial charge in [0.25, 0.3) is 11.2 Å². The SMILES string of the molecule is O=C(Cn1cc([N+](=O)[O-])ccc1=O)NCc1ccccc1COCc1ccccc1. The molecule has 0 saturated heterocycles. The topological polar surface area (TPSA) is 103 Å². The molecule has 0 aliphatic rings. The molecule has 0 unspecified atom stereocenters. The highest BCUT2D eigenvalue weighted by Crippen LogP contribution is 2.12. The maximum Gasteiger partial charge on any atom is 0.285 e. The van der Waals surface area contributed by atoms with Gasteiger partial charge in [-0.1, -0.05) is 54.6 Å². The number of pyridine rings is 1. The number of nitrogens with zero attached hydrogens (tertiary/aromatic N) is 2. The van der Waals surface area contributed by atoms with Crippen LogP contribution in [0.5, 0.6) is 0 Å². The number of ether oxygens (including phenoxy) is 1. The number of nitro groups is 1. The smallest absolute Gasteiger partial charge is 0.285 e. The van der Waals surface area contributed by atoms with Crippen LogP contribution in [0.2, 0.25) is 0 Å². The van der Waals surface area contributed by atoms with Crippen molar-refractivity contribution in [2.45, 2.75) is 26.3 Å². The molecule has 0 saturated carbocycles. The quantitative estimate of drug-likeness (QED) is 0.434. The van der Waals surface area contributed by atoms with Gasteiger partial charge in [0, 0.05) is 18.7 Å². The average Bonchev–Trinajstić information content (AvgIpc) is 2.75. The van der Waals surface area contributed by atoms with Gasteiger partial charge >= 0.3 is 0 Å². The molecule has 2 aromatic carbocycles. The zero-order chi connectivity index (χ0) is 21.3. The summed E-state index contributed by atoms with van der Waals surface area (Å²) in [7, 11) is 0. The highest BCUT2D eigenvalue weighted by Gasteiger charge is 2.11. The van der Waals surface area contributed by atoms with Crippen LogP contribution < -0.4 is 10.9 Å². The number of carbonyl (C=O) groups is 1.